The maximum absolute atomic E-state index is 12.7. The second-order valence-electron chi connectivity index (χ2n) is 7.67. The van der Waals surface area contributed by atoms with E-state index in [0.717, 1.165) is 45.4 Å². The standard InChI is InChI=1S/C19H35N3O2.ClH/c1-3-5-18(23)21-13-16-6-4-11-22(14-16)19(24)12-15(2)17-7-9-20-10-8-17;/h15-17,20H,3-14H2,1-2H3,(H,21,23);1H. The van der Waals surface area contributed by atoms with Crippen molar-refractivity contribution in [3.63, 3.8) is 0 Å². The molecule has 2 N–H and O–H groups in total. The Kier molecular flexibility index (Phi) is 10.4. The van der Waals surface area contributed by atoms with E-state index in [-0.39, 0.29) is 18.3 Å². The Balaban J connectivity index is 0.00000312. The normalized spacial score (nSPS) is 22.8. The molecule has 2 amide bonds. The second kappa shape index (κ2) is 11.7. The topological polar surface area (TPSA) is 61.4 Å². The molecule has 146 valence electrons. The molecular weight excluding hydrogens is 338 g/mol. The summed E-state index contributed by atoms with van der Waals surface area (Å²) in [4.78, 5) is 26.3. The van der Waals surface area contributed by atoms with E-state index in [4.69, 9.17) is 0 Å². The fraction of sp³-hybridized carbons (Fsp3) is 0.895. The fourth-order valence-electron chi connectivity index (χ4n) is 4.02. The number of amides is 2. The minimum atomic E-state index is 0. The summed E-state index contributed by atoms with van der Waals surface area (Å²) in [6, 6.07) is 0. The van der Waals surface area contributed by atoms with Crippen LogP contribution >= 0.6 is 12.4 Å². The van der Waals surface area contributed by atoms with Crippen LogP contribution in [0, 0.1) is 17.8 Å². The van der Waals surface area contributed by atoms with Gasteiger partial charge in [-0.15, -0.1) is 12.4 Å². The van der Waals surface area contributed by atoms with Crippen LogP contribution in [0.4, 0.5) is 0 Å². The van der Waals surface area contributed by atoms with Crippen molar-refractivity contribution in [2.24, 2.45) is 17.8 Å². The summed E-state index contributed by atoms with van der Waals surface area (Å²) in [5.41, 5.74) is 0. The summed E-state index contributed by atoms with van der Waals surface area (Å²) in [5, 5.41) is 6.42. The van der Waals surface area contributed by atoms with Crippen molar-refractivity contribution in [1.82, 2.24) is 15.5 Å². The van der Waals surface area contributed by atoms with Gasteiger partial charge in [-0.05, 0) is 62.9 Å². The lowest BCUT2D eigenvalue weighted by Crippen LogP contribution is -2.44. The first-order valence-electron chi connectivity index (χ1n) is 9.85. The van der Waals surface area contributed by atoms with Gasteiger partial charge in [0, 0.05) is 32.5 Å². The van der Waals surface area contributed by atoms with Gasteiger partial charge in [0.15, 0.2) is 0 Å². The van der Waals surface area contributed by atoms with Gasteiger partial charge in [0.05, 0.1) is 0 Å². The van der Waals surface area contributed by atoms with Gasteiger partial charge in [-0.2, -0.15) is 0 Å². The zero-order valence-corrected chi connectivity index (χ0v) is 16.7. The third-order valence-electron chi connectivity index (χ3n) is 5.62. The molecule has 2 atom stereocenters. The quantitative estimate of drug-likeness (QED) is 0.721. The highest BCUT2D eigenvalue weighted by Crippen LogP contribution is 2.26. The molecule has 0 aromatic heterocycles. The van der Waals surface area contributed by atoms with E-state index in [1.807, 2.05) is 11.8 Å². The molecule has 2 rings (SSSR count). The van der Waals surface area contributed by atoms with Crippen LogP contribution in [0.2, 0.25) is 0 Å². The van der Waals surface area contributed by atoms with Crippen LogP contribution in [0.3, 0.4) is 0 Å². The monoisotopic (exact) mass is 373 g/mol. The predicted octanol–water partition coefficient (Wildman–Crippen LogP) is 2.59. The van der Waals surface area contributed by atoms with Crippen molar-refractivity contribution in [2.75, 3.05) is 32.7 Å². The number of halogens is 1. The molecule has 6 heteroatoms. The first kappa shape index (κ1) is 22.2. The highest BCUT2D eigenvalue weighted by Gasteiger charge is 2.27. The number of carbonyl (C=O) groups is 2. The van der Waals surface area contributed by atoms with Gasteiger partial charge < -0.3 is 15.5 Å². The van der Waals surface area contributed by atoms with E-state index in [2.05, 4.69) is 17.6 Å². The molecule has 0 spiro atoms. The van der Waals surface area contributed by atoms with E-state index < -0.39 is 0 Å². The molecule has 0 aromatic rings. The van der Waals surface area contributed by atoms with Gasteiger partial charge in [0.2, 0.25) is 11.8 Å². The van der Waals surface area contributed by atoms with Crippen molar-refractivity contribution in [1.29, 1.82) is 0 Å². The molecule has 2 heterocycles. The number of rotatable bonds is 7. The maximum Gasteiger partial charge on any atom is 0.222 e. The van der Waals surface area contributed by atoms with Crippen LogP contribution in [0.1, 0.15) is 58.8 Å². The summed E-state index contributed by atoms with van der Waals surface area (Å²) in [6.07, 6.45) is 6.72. The number of hydrogen-bond donors (Lipinski definition) is 2. The molecule has 2 saturated heterocycles. The zero-order chi connectivity index (χ0) is 17.4. The number of carbonyl (C=O) groups excluding carboxylic acids is 2. The van der Waals surface area contributed by atoms with Gasteiger partial charge in [-0.1, -0.05) is 13.8 Å². The SMILES string of the molecule is CCCC(=O)NCC1CCCN(C(=O)CC(C)C2CCNCC2)C1.Cl. The van der Waals surface area contributed by atoms with Crippen molar-refractivity contribution in [2.45, 2.75) is 58.8 Å². The lowest BCUT2D eigenvalue weighted by molar-refractivity contribution is -0.134. The van der Waals surface area contributed by atoms with E-state index in [9.17, 15) is 9.59 Å². The van der Waals surface area contributed by atoms with Crippen LogP contribution in [-0.4, -0.2) is 49.4 Å². The zero-order valence-electron chi connectivity index (χ0n) is 15.9. The van der Waals surface area contributed by atoms with Gasteiger partial charge in [-0.3, -0.25) is 9.59 Å². The summed E-state index contributed by atoms with van der Waals surface area (Å²) in [7, 11) is 0. The molecule has 0 aromatic carbocycles. The Labute approximate surface area is 159 Å². The van der Waals surface area contributed by atoms with Crippen molar-refractivity contribution in [3.8, 4) is 0 Å². The van der Waals surface area contributed by atoms with E-state index in [0.29, 0.717) is 43.0 Å². The first-order valence-corrected chi connectivity index (χ1v) is 9.85. The Morgan fingerprint density at radius 1 is 1.24 bits per heavy atom. The summed E-state index contributed by atoms with van der Waals surface area (Å²) >= 11 is 0. The average molecular weight is 374 g/mol. The number of nitrogens with one attached hydrogen (secondary N) is 2. The maximum atomic E-state index is 12.7. The first-order chi connectivity index (χ1) is 11.6. The van der Waals surface area contributed by atoms with Crippen LogP contribution < -0.4 is 10.6 Å². The highest BCUT2D eigenvalue weighted by molar-refractivity contribution is 5.85. The minimum absolute atomic E-state index is 0. The Morgan fingerprint density at radius 3 is 2.64 bits per heavy atom. The van der Waals surface area contributed by atoms with Gasteiger partial charge in [-0.25, -0.2) is 0 Å². The molecule has 0 aliphatic carbocycles. The molecule has 0 saturated carbocycles. The van der Waals surface area contributed by atoms with Crippen LogP contribution in [-0.2, 0) is 9.59 Å². The Bertz CT molecular complexity index is 413. The second-order valence-corrected chi connectivity index (χ2v) is 7.67. The molecule has 25 heavy (non-hydrogen) atoms. The molecule has 5 nitrogen and oxygen atoms in total. The third kappa shape index (κ3) is 7.53. The summed E-state index contributed by atoms with van der Waals surface area (Å²) in [6.45, 7) is 8.84. The average Bonchev–Trinajstić information content (AvgIpc) is 2.61. The van der Waals surface area contributed by atoms with Gasteiger partial charge in [0.25, 0.3) is 0 Å². The number of hydrogen-bond acceptors (Lipinski definition) is 3. The predicted molar refractivity (Wildman–Crippen MR) is 104 cm³/mol. The molecule has 2 unspecified atom stereocenters. The van der Waals surface area contributed by atoms with E-state index in [1.54, 1.807) is 0 Å². The number of nitrogens with zero attached hydrogens (tertiary/aromatic N) is 1. The Morgan fingerprint density at radius 2 is 1.96 bits per heavy atom. The van der Waals surface area contributed by atoms with Crippen molar-refractivity contribution in [3.05, 3.63) is 0 Å². The molecule has 0 radical (unpaired) electrons. The smallest absolute Gasteiger partial charge is 0.222 e. The molecular formula is C19H36ClN3O2. The highest BCUT2D eigenvalue weighted by atomic mass is 35.5. The van der Waals surface area contributed by atoms with Gasteiger partial charge >= 0.3 is 0 Å². The van der Waals surface area contributed by atoms with Crippen LogP contribution in [0.5, 0.6) is 0 Å². The van der Waals surface area contributed by atoms with Crippen LogP contribution in [0.15, 0.2) is 0 Å². The van der Waals surface area contributed by atoms with Crippen LogP contribution in [0.25, 0.3) is 0 Å². The number of piperidine rings is 2. The van der Waals surface area contributed by atoms with E-state index >= 15 is 0 Å². The lowest BCUT2D eigenvalue weighted by atomic mass is 9.83. The molecule has 0 bridgehead atoms. The molecule has 2 fully saturated rings. The van der Waals surface area contributed by atoms with Crippen molar-refractivity contribution >= 4 is 24.2 Å². The van der Waals surface area contributed by atoms with Gasteiger partial charge in [0.1, 0.15) is 0 Å². The fourth-order valence-corrected chi connectivity index (χ4v) is 4.02. The number of likely N-dealkylation sites (tertiary alicyclic amines) is 1. The van der Waals surface area contributed by atoms with Crippen molar-refractivity contribution < 1.29 is 9.59 Å². The third-order valence-corrected chi connectivity index (χ3v) is 5.62. The lowest BCUT2D eigenvalue weighted by Gasteiger charge is -2.35. The van der Waals surface area contributed by atoms with E-state index in [1.165, 1.54) is 12.8 Å². The largest absolute Gasteiger partial charge is 0.356 e. The summed E-state index contributed by atoms with van der Waals surface area (Å²) in [5.74, 6) is 2.03. The summed E-state index contributed by atoms with van der Waals surface area (Å²) < 4.78 is 0. The minimum Gasteiger partial charge on any atom is -0.356 e. The molecule has 2 aliphatic rings. The Hall–Kier alpha value is -0.810. The molecule has 2 aliphatic heterocycles.